The van der Waals surface area contributed by atoms with Crippen molar-refractivity contribution >= 4 is 17.9 Å². The van der Waals surface area contributed by atoms with Crippen LogP contribution in [-0.2, 0) is 9.59 Å². The summed E-state index contributed by atoms with van der Waals surface area (Å²) in [6.45, 7) is 3.69. The summed E-state index contributed by atoms with van der Waals surface area (Å²) >= 11 is 0. The molecule has 0 unspecified atom stereocenters. The van der Waals surface area contributed by atoms with Crippen molar-refractivity contribution in [2.75, 3.05) is 13.6 Å². The SMILES string of the molecule is CC(C)C[C@@H](NC(=O)N(C)CC(=O)NC1CC1)C(=O)O. The van der Waals surface area contributed by atoms with E-state index in [0.29, 0.717) is 6.42 Å². The van der Waals surface area contributed by atoms with Crippen LogP contribution in [0.1, 0.15) is 33.1 Å². The Bertz CT molecular complexity index is 380. The number of carboxylic acid groups (broad SMARTS) is 1. The van der Waals surface area contributed by atoms with Crippen LogP contribution in [0.3, 0.4) is 0 Å². The summed E-state index contributed by atoms with van der Waals surface area (Å²) in [6, 6.07) is -1.24. The van der Waals surface area contributed by atoms with Crippen LogP contribution in [-0.4, -0.2) is 53.6 Å². The average molecular weight is 285 g/mol. The molecule has 1 aliphatic carbocycles. The van der Waals surface area contributed by atoms with Gasteiger partial charge in [-0.15, -0.1) is 0 Å². The van der Waals surface area contributed by atoms with Crippen molar-refractivity contribution < 1.29 is 19.5 Å². The summed E-state index contributed by atoms with van der Waals surface area (Å²) < 4.78 is 0. The first kappa shape index (κ1) is 16.3. The number of nitrogens with one attached hydrogen (secondary N) is 2. The van der Waals surface area contributed by atoms with E-state index in [9.17, 15) is 14.4 Å². The molecule has 1 atom stereocenters. The van der Waals surface area contributed by atoms with E-state index < -0.39 is 18.0 Å². The standard InChI is InChI=1S/C13H23N3O4/c1-8(2)6-10(12(18)19)15-13(20)16(3)7-11(17)14-9-4-5-9/h8-10H,4-7H2,1-3H3,(H,14,17)(H,15,20)(H,18,19)/t10-/m1/s1. The Morgan fingerprint density at radius 3 is 2.35 bits per heavy atom. The van der Waals surface area contributed by atoms with Crippen molar-refractivity contribution in [1.29, 1.82) is 0 Å². The maximum atomic E-state index is 11.8. The van der Waals surface area contributed by atoms with Gasteiger partial charge in [-0.25, -0.2) is 9.59 Å². The Kier molecular flexibility index (Phi) is 5.79. The van der Waals surface area contributed by atoms with Crippen LogP contribution >= 0.6 is 0 Å². The molecule has 7 heteroatoms. The molecule has 0 radical (unpaired) electrons. The minimum absolute atomic E-state index is 0.0731. The predicted octanol–water partition coefficient (Wildman–Crippen LogP) is 0.406. The third-order valence-corrected chi connectivity index (χ3v) is 2.97. The second-order valence-corrected chi connectivity index (χ2v) is 5.67. The van der Waals surface area contributed by atoms with Gasteiger partial charge in [0.05, 0.1) is 0 Å². The smallest absolute Gasteiger partial charge is 0.326 e. The zero-order valence-electron chi connectivity index (χ0n) is 12.2. The Morgan fingerprint density at radius 2 is 1.90 bits per heavy atom. The first-order chi connectivity index (χ1) is 9.29. The fraction of sp³-hybridized carbons (Fsp3) is 0.769. The van der Waals surface area contributed by atoms with Gasteiger partial charge in [-0.05, 0) is 25.2 Å². The van der Waals surface area contributed by atoms with E-state index in [1.165, 1.54) is 11.9 Å². The normalized spacial score (nSPS) is 15.6. The minimum atomic E-state index is -1.07. The second kappa shape index (κ2) is 7.12. The summed E-state index contributed by atoms with van der Waals surface area (Å²) in [5.74, 6) is -1.14. The first-order valence-corrected chi connectivity index (χ1v) is 6.83. The van der Waals surface area contributed by atoms with Crippen LogP contribution in [0.15, 0.2) is 0 Å². The molecule has 0 aromatic heterocycles. The Labute approximate surface area is 118 Å². The molecule has 1 saturated carbocycles. The van der Waals surface area contributed by atoms with E-state index in [2.05, 4.69) is 10.6 Å². The molecule has 7 nitrogen and oxygen atoms in total. The highest BCUT2D eigenvalue weighted by molar-refractivity contribution is 5.86. The summed E-state index contributed by atoms with van der Waals surface area (Å²) in [7, 11) is 1.47. The molecule has 0 aliphatic heterocycles. The molecule has 3 amide bonds. The van der Waals surface area contributed by atoms with Crippen molar-refractivity contribution in [3.63, 3.8) is 0 Å². The maximum absolute atomic E-state index is 11.8. The highest BCUT2D eigenvalue weighted by Gasteiger charge is 2.26. The third kappa shape index (κ3) is 5.90. The number of likely N-dealkylation sites (N-methyl/N-ethyl adjacent to an activating group) is 1. The molecule has 3 N–H and O–H groups in total. The van der Waals surface area contributed by atoms with Gasteiger partial charge in [-0.1, -0.05) is 13.8 Å². The Balaban J connectivity index is 2.41. The molecule has 0 saturated heterocycles. The van der Waals surface area contributed by atoms with Crippen LogP contribution < -0.4 is 10.6 Å². The third-order valence-electron chi connectivity index (χ3n) is 2.97. The number of nitrogens with zero attached hydrogens (tertiary/aromatic N) is 1. The van der Waals surface area contributed by atoms with Gasteiger partial charge in [0.15, 0.2) is 0 Å². The van der Waals surface area contributed by atoms with Crippen molar-refractivity contribution in [1.82, 2.24) is 15.5 Å². The number of rotatable bonds is 7. The molecule has 114 valence electrons. The summed E-state index contributed by atoms with van der Waals surface area (Å²) in [6.07, 6.45) is 2.32. The van der Waals surface area contributed by atoms with Gasteiger partial charge in [0, 0.05) is 13.1 Å². The molecule has 0 aromatic carbocycles. The predicted molar refractivity (Wildman–Crippen MR) is 73.2 cm³/mol. The highest BCUT2D eigenvalue weighted by atomic mass is 16.4. The van der Waals surface area contributed by atoms with Crippen molar-refractivity contribution in [2.24, 2.45) is 5.92 Å². The van der Waals surface area contributed by atoms with Gasteiger partial charge in [-0.2, -0.15) is 0 Å². The maximum Gasteiger partial charge on any atom is 0.326 e. The van der Waals surface area contributed by atoms with Gasteiger partial charge in [0.25, 0.3) is 0 Å². The summed E-state index contributed by atoms with van der Waals surface area (Å²) in [4.78, 5) is 35.6. The van der Waals surface area contributed by atoms with E-state index in [-0.39, 0.29) is 24.4 Å². The lowest BCUT2D eigenvalue weighted by atomic mass is 10.0. The van der Waals surface area contributed by atoms with Crippen LogP contribution in [0, 0.1) is 5.92 Å². The van der Waals surface area contributed by atoms with Crippen molar-refractivity contribution in [2.45, 2.75) is 45.2 Å². The second-order valence-electron chi connectivity index (χ2n) is 5.67. The molecular formula is C13H23N3O4. The average Bonchev–Trinajstić information content (AvgIpc) is 3.10. The fourth-order valence-corrected chi connectivity index (χ4v) is 1.74. The van der Waals surface area contributed by atoms with Gasteiger partial charge >= 0.3 is 12.0 Å². The number of hydrogen-bond acceptors (Lipinski definition) is 3. The number of carbonyl (C=O) groups excluding carboxylic acids is 2. The van der Waals surface area contributed by atoms with Crippen LogP contribution in [0.2, 0.25) is 0 Å². The largest absolute Gasteiger partial charge is 0.480 e. The Hall–Kier alpha value is -1.79. The summed E-state index contributed by atoms with van der Waals surface area (Å²) in [5, 5.41) is 14.2. The minimum Gasteiger partial charge on any atom is -0.480 e. The molecule has 1 rings (SSSR count). The first-order valence-electron chi connectivity index (χ1n) is 6.83. The number of carbonyl (C=O) groups is 3. The number of aliphatic carboxylic acids is 1. The summed E-state index contributed by atoms with van der Waals surface area (Å²) in [5.41, 5.74) is 0. The lowest BCUT2D eigenvalue weighted by Gasteiger charge is -2.22. The molecule has 1 aliphatic rings. The van der Waals surface area contributed by atoms with Gasteiger partial charge < -0.3 is 20.6 Å². The molecular weight excluding hydrogens is 262 g/mol. The molecule has 20 heavy (non-hydrogen) atoms. The molecule has 0 heterocycles. The lowest BCUT2D eigenvalue weighted by molar-refractivity contribution is -0.139. The molecule has 1 fully saturated rings. The molecule has 0 spiro atoms. The quantitative estimate of drug-likeness (QED) is 0.630. The van der Waals surface area contributed by atoms with Gasteiger partial charge in [0.1, 0.15) is 12.6 Å². The molecule has 0 aromatic rings. The van der Waals surface area contributed by atoms with Crippen LogP contribution in [0.5, 0.6) is 0 Å². The van der Waals surface area contributed by atoms with E-state index >= 15 is 0 Å². The van der Waals surface area contributed by atoms with Crippen LogP contribution in [0.4, 0.5) is 4.79 Å². The topological polar surface area (TPSA) is 98.7 Å². The fourth-order valence-electron chi connectivity index (χ4n) is 1.74. The lowest BCUT2D eigenvalue weighted by Crippen LogP contribution is -2.49. The number of hydrogen-bond donors (Lipinski definition) is 3. The zero-order chi connectivity index (χ0) is 15.3. The zero-order valence-corrected chi connectivity index (χ0v) is 12.2. The van der Waals surface area contributed by atoms with Gasteiger partial charge in [0.2, 0.25) is 5.91 Å². The number of carboxylic acids is 1. The highest BCUT2D eigenvalue weighted by Crippen LogP contribution is 2.18. The number of urea groups is 1. The van der Waals surface area contributed by atoms with Crippen molar-refractivity contribution in [3.05, 3.63) is 0 Å². The monoisotopic (exact) mass is 285 g/mol. The van der Waals surface area contributed by atoms with E-state index in [1.807, 2.05) is 13.8 Å². The van der Waals surface area contributed by atoms with E-state index in [4.69, 9.17) is 5.11 Å². The van der Waals surface area contributed by atoms with Crippen molar-refractivity contribution in [3.8, 4) is 0 Å². The number of amides is 3. The Morgan fingerprint density at radius 1 is 1.30 bits per heavy atom. The van der Waals surface area contributed by atoms with Gasteiger partial charge in [-0.3, -0.25) is 4.79 Å². The molecule has 0 bridgehead atoms. The van der Waals surface area contributed by atoms with E-state index in [1.54, 1.807) is 0 Å². The van der Waals surface area contributed by atoms with E-state index in [0.717, 1.165) is 12.8 Å². The van der Waals surface area contributed by atoms with Crippen LogP contribution in [0.25, 0.3) is 0 Å².